The molecule has 0 saturated carbocycles. The third-order valence-corrected chi connectivity index (χ3v) is 2.76. The van der Waals surface area contributed by atoms with Crippen LogP contribution in [0.25, 0.3) is 0 Å². The second-order valence-electron chi connectivity index (χ2n) is 3.14. The molecular formula is C10H8F3O4S-. The zero-order valence-corrected chi connectivity index (χ0v) is 9.93. The van der Waals surface area contributed by atoms with Gasteiger partial charge in [0, 0.05) is 0 Å². The molecule has 0 radical (unpaired) electrons. The molecule has 0 saturated heterocycles. The number of esters is 1. The summed E-state index contributed by atoms with van der Waals surface area (Å²) in [6.45, 7) is 1.39. The van der Waals surface area contributed by atoms with Gasteiger partial charge in [0.25, 0.3) is 0 Å². The molecule has 0 amide bonds. The molecule has 18 heavy (non-hydrogen) atoms. The third kappa shape index (κ3) is 3.08. The van der Waals surface area contributed by atoms with Gasteiger partial charge >= 0.3 is 12.1 Å². The van der Waals surface area contributed by atoms with Crippen molar-refractivity contribution in [3.63, 3.8) is 0 Å². The van der Waals surface area contributed by atoms with Crippen LogP contribution in [0, 0.1) is 0 Å². The molecule has 1 aromatic rings. The van der Waals surface area contributed by atoms with Gasteiger partial charge in [0.2, 0.25) is 0 Å². The molecule has 0 aromatic heterocycles. The summed E-state index contributed by atoms with van der Waals surface area (Å²) in [5.74, 6) is -1.11. The monoisotopic (exact) mass is 281 g/mol. The Kier molecular flexibility index (Phi) is 4.47. The van der Waals surface area contributed by atoms with Crippen molar-refractivity contribution in [2.75, 3.05) is 6.61 Å². The van der Waals surface area contributed by atoms with Crippen molar-refractivity contribution >= 4 is 17.0 Å². The van der Waals surface area contributed by atoms with Gasteiger partial charge in [-0.1, -0.05) is 6.07 Å². The van der Waals surface area contributed by atoms with E-state index in [1.165, 1.54) is 6.92 Å². The fraction of sp³-hybridized carbons (Fsp3) is 0.300. The first-order valence-electron chi connectivity index (χ1n) is 4.75. The largest absolute Gasteiger partial charge is 0.768 e. The quantitative estimate of drug-likeness (QED) is 0.628. The Morgan fingerprint density at radius 1 is 1.44 bits per heavy atom. The molecule has 0 aliphatic heterocycles. The molecule has 4 nitrogen and oxygen atoms in total. The molecule has 0 heterocycles. The van der Waals surface area contributed by atoms with Crippen LogP contribution in [-0.2, 0) is 22.0 Å². The highest BCUT2D eigenvalue weighted by atomic mass is 32.2. The van der Waals surface area contributed by atoms with Gasteiger partial charge in [0.1, 0.15) is 0 Å². The summed E-state index contributed by atoms with van der Waals surface area (Å²) in [6.07, 6.45) is -4.86. The molecule has 1 rings (SSSR count). The minimum absolute atomic E-state index is 0.0694. The lowest BCUT2D eigenvalue weighted by atomic mass is 10.1. The van der Waals surface area contributed by atoms with Crippen LogP contribution in [0.15, 0.2) is 23.1 Å². The zero-order chi connectivity index (χ0) is 13.9. The lowest BCUT2D eigenvalue weighted by Crippen LogP contribution is -2.16. The van der Waals surface area contributed by atoms with Gasteiger partial charge < -0.3 is 9.29 Å². The molecule has 0 fully saturated rings. The summed E-state index contributed by atoms with van der Waals surface area (Å²) in [4.78, 5) is 10.3. The Morgan fingerprint density at radius 3 is 2.50 bits per heavy atom. The lowest BCUT2D eigenvalue weighted by molar-refractivity contribution is -0.139. The maximum absolute atomic E-state index is 12.6. The van der Waals surface area contributed by atoms with Crippen LogP contribution >= 0.6 is 0 Å². The number of halogens is 3. The minimum Gasteiger partial charge on any atom is -0.768 e. The lowest BCUT2D eigenvalue weighted by Gasteiger charge is -2.17. The molecule has 0 aliphatic rings. The first-order valence-corrected chi connectivity index (χ1v) is 5.83. The zero-order valence-electron chi connectivity index (χ0n) is 9.11. The van der Waals surface area contributed by atoms with E-state index in [2.05, 4.69) is 4.74 Å². The van der Waals surface area contributed by atoms with Gasteiger partial charge in [-0.15, -0.1) is 0 Å². The predicted molar refractivity (Wildman–Crippen MR) is 54.6 cm³/mol. The average molecular weight is 281 g/mol. The Labute approximate surface area is 103 Å². The SMILES string of the molecule is CCOC(=O)c1cccc(C(F)(F)F)c1S(=O)[O-]. The van der Waals surface area contributed by atoms with E-state index in [1.54, 1.807) is 0 Å². The standard InChI is InChI=1S/C10H9F3O4S/c1-2-17-9(14)6-4-3-5-7(10(11,12)13)8(6)18(15)16/h3-5H,2H2,1H3,(H,15,16)/p-1. The fourth-order valence-electron chi connectivity index (χ4n) is 1.31. The van der Waals surface area contributed by atoms with Crippen molar-refractivity contribution in [2.45, 2.75) is 18.0 Å². The van der Waals surface area contributed by atoms with Crippen LogP contribution in [-0.4, -0.2) is 21.3 Å². The number of hydrogen-bond acceptors (Lipinski definition) is 4. The van der Waals surface area contributed by atoms with Gasteiger partial charge in [-0.05, 0) is 30.1 Å². The van der Waals surface area contributed by atoms with E-state index in [-0.39, 0.29) is 6.61 Å². The maximum atomic E-state index is 12.6. The van der Waals surface area contributed by atoms with Crippen LogP contribution in [0.1, 0.15) is 22.8 Å². The molecule has 1 atom stereocenters. The van der Waals surface area contributed by atoms with E-state index in [0.29, 0.717) is 6.07 Å². The predicted octanol–water partition coefficient (Wildman–Crippen LogP) is 2.12. The molecule has 0 aliphatic carbocycles. The molecule has 1 aromatic carbocycles. The highest BCUT2D eigenvalue weighted by Gasteiger charge is 2.35. The van der Waals surface area contributed by atoms with E-state index in [9.17, 15) is 26.7 Å². The highest BCUT2D eigenvalue weighted by molar-refractivity contribution is 7.79. The number of rotatable bonds is 3. The number of hydrogen-bond donors (Lipinski definition) is 0. The Balaban J connectivity index is 3.45. The first kappa shape index (κ1) is 14.7. The van der Waals surface area contributed by atoms with Gasteiger partial charge in [0.15, 0.2) is 0 Å². The number of carbonyl (C=O) groups excluding carboxylic acids is 1. The van der Waals surface area contributed by atoms with E-state index in [1.807, 2.05) is 0 Å². The van der Waals surface area contributed by atoms with Crippen molar-refractivity contribution in [2.24, 2.45) is 0 Å². The molecule has 0 bridgehead atoms. The minimum atomic E-state index is -4.86. The summed E-state index contributed by atoms with van der Waals surface area (Å²) >= 11 is -3.19. The second-order valence-corrected chi connectivity index (χ2v) is 4.01. The van der Waals surface area contributed by atoms with Gasteiger partial charge in [-0.25, -0.2) is 4.79 Å². The Bertz CT molecular complexity index is 485. The van der Waals surface area contributed by atoms with E-state index >= 15 is 0 Å². The molecule has 0 N–H and O–H groups in total. The first-order chi connectivity index (χ1) is 8.29. The fourth-order valence-corrected chi connectivity index (χ4v) is 2.00. The number of benzene rings is 1. The molecule has 100 valence electrons. The van der Waals surface area contributed by atoms with Crippen molar-refractivity contribution in [1.29, 1.82) is 0 Å². The summed E-state index contributed by atoms with van der Waals surface area (Å²) in [7, 11) is 0. The van der Waals surface area contributed by atoms with Gasteiger partial charge in [-0.3, -0.25) is 4.21 Å². The highest BCUT2D eigenvalue weighted by Crippen LogP contribution is 2.35. The van der Waals surface area contributed by atoms with Crippen molar-refractivity contribution in [3.8, 4) is 0 Å². The van der Waals surface area contributed by atoms with E-state index in [0.717, 1.165) is 12.1 Å². The van der Waals surface area contributed by atoms with Crippen molar-refractivity contribution < 1.29 is 31.5 Å². The van der Waals surface area contributed by atoms with E-state index in [4.69, 9.17) is 0 Å². The smallest absolute Gasteiger partial charge is 0.417 e. The van der Waals surface area contributed by atoms with Crippen LogP contribution in [0.2, 0.25) is 0 Å². The molecule has 8 heteroatoms. The summed E-state index contributed by atoms with van der Waals surface area (Å²) in [6, 6.07) is 2.51. The van der Waals surface area contributed by atoms with Crippen LogP contribution in [0.5, 0.6) is 0 Å². The topological polar surface area (TPSA) is 66.4 Å². The summed E-state index contributed by atoms with van der Waals surface area (Å²) < 4.78 is 64.1. The second kappa shape index (κ2) is 5.49. The Morgan fingerprint density at radius 2 is 2.06 bits per heavy atom. The third-order valence-electron chi connectivity index (χ3n) is 1.98. The van der Waals surface area contributed by atoms with Gasteiger partial charge in [0.05, 0.1) is 22.6 Å². The van der Waals surface area contributed by atoms with Crippen molar-refractivity contribution in [1.82, 2.24) is 0 Å². The Hall–Kier alpha value is -1.41. The van der Waals surface area contributed by atoms with Gasteiger partial charge in [-0.2, -0.15) is 13.2 Å². The van der Waals surface area contributed by atoms with Crippen LogP contribution < -0.4 is 0 Å². The van der Waals surface area contributed by atoms with Crippen molar-refractivity contribution in [3.05, 3.63) is 29.3 Å². The van der Waals surface area contributed by atoms with Crippen LogP contribution in [0.3, 0.4) is 0 Å². The normalized spacial score (nSPS) is 13.2. The summed E-state index contributed by atoms with van der Waals surface area (Å²) in [5.41, 5.74) is -2.01. The summed E-state index contributed by atoms with van der Waals surface area (Å²) in [5, 5.41) is 0. The molecule has 0 spiro atoms. The number of carbonyl (C=O) groups is 1. The average Bonchev–Trinajstić information content (AvgIpc) is 2.27. The number of alkyl halides is 3. The van der Waals surface area contributed by atoms with Crippen LogP contribution in [0.4, 0.5) is 13.2 Å². The molecular weight excluding hydrogens is 273 g/mol. The number of ether oxygens (including phenoxy) is 1. The van der Waals surface area contributed by atoms with E-state index < -0.39 is 39.2 Å². The molecule has 1 unspecified atom stereocenters. The maximum Gasteiger partial charge on any atom is 0.417 e.